The van der Waals surface area contributed by atoms with Crippen molar-refractivity contribution in [3.63, 3.8) is 0 Å². The van der Waals surface area contributed by atoms with Crippen LogP contribution in [0.3, 0.4) is 0 Å². The Hall–Kier alpha value is -0.610. The quantitative estimate of drug-likeness (QED) is 0.809. The normalized spacial score (nSPS) is 34.4. The molecular formula is C14H25NO3. The van der Waals surface area contributed by atoms with Gasteiger partial charge < -0.3 is 9.84 Å². The van der Waals surface area contributed by atoms with E-state index in [1.165, 1.54) is 19.3 Å². The molecule has 0 amide bonds. The Morgan fingerprint density at radius 2 is 1.94 bits per heavy atom. The van der Waals surface area contributed by atoms with Gasteiger partial charge in [-0.05, 0) is 32.1 Å². The molecule has 0 saturated heterocycles. The standard InChI is InChI=1S/C14H25NO3/c1-18-12-8-5-9-14(10-12,13(16)17)15-11-6-3-2-4-7-11/h11-12,15H,2-10H2,1H3,(H,16,17). The molecule has 0 heterocycles. The van der Waals surface area contributed by atoms with E-state index in [9.17, 15) is 9.90 Å². The lowest BCUT2D eigenvalue weighted by atomic mass is 9.78. The van der Waals surface area contributed by atoms with Crippen molar-refractivity contribution >= 4 is 5.97 Å². The van der Waals surface area contributed by atoms with Crippen LogP contribution in [0.2, 0.25) is 0 Å². The van der Waals surface area contributed by atoms with Gasteiger partial charge in [0.05, 0.1) is 6.10 Å². The van der Waals surface area contributed by atoms with Gasteiger partial charge in [0.1, 0.15) is 5.54 Å². The molecule has 2 unspecified atom stereocenters. The van der Waals surface area contributed by atoms with Gasteiger partial charge in [0.15, 0.2) is 0 Å². The van der Waals surface area contributed by atoms with Gasteiger partial charge in [-0.15, -0.1) is 0 Å². The summed E-state index contributed by atoms with van der Waals surface area (Å²) in [4.78, 5) is 11.7. The number of ether oxygens (including phenoxy) is 1. The monoisotopic (exact) mass is 255 g/mol. The van der Waals surface area contributed by atoms with Crippen LogP contribution in [0.15, 0.2) is 0 Å². The predicted molar refractivity (Wildman–Crippen MR) is 69.6 cm³/mol. The largest absolute Gasteiger partial charge is 0.480 e. The maximum atomic E-state index is 11.7. The van der Waals surface area contributed by atoms with Crippen molar-refractivity contribution in [2.75, 3.05) is 7.11 Å². The van der Waals surface area contributed by atoms with Gasteiger partial charge in [-0.25, -0.2) is 0 Å². The maximum absolute atomic E-state index is 11.7. The average Bonchev–Trinajstić information content (AvgIpc) is 2.40. The zero-order valence-corrected chi connectivity index (χ0v) is 11.3. The van der Waals surface area contributed by atoms with E-state index in [0.717, 1.165) is 32.1 Å². The highest BCUT2D eigenvalue weighted by atomic mass is 16.5. The first kappa shape index (κ1) is 13.8. The number of carboxylic acid groups (broad SMARTS) is 1. The minimum atomic E-state index is -0.749. The van der Waals surface area contributed by atoms with E-state index >= 15 is 0 Å². The molecule has 0 aliphatic heterocycles. The van der Waals surface area contributed by atoms with Crippen molar-refractivity contribution in [3.05, 3.63) is 0 Å². The Balaban J connectivity index is 2.03. The molecule has 2 fully saturated rings. The first-order valence-electron chi connectivity index (χ1n) is 7.20. The van der Waals surface area contributed by atoms with Crippen molar-refractivity contribution in [3.8, 4) is 0 Å². The summed E-state index contributed by atoms with van der Waals surface area (Å²) < 4.78 is 5.38. The van der Waals surface area contributed by atoms with Gasteiger partial charge >= 0.3 is 5.97 Å². The minimum Gasteiger partial charge on any atom is -0.480 e. The van der Waals surface area contributed by atoms with Crippen LogP contribution in [0, 0.1) is 0 Å². The molecule has 0 aromatic heterocycles. The number of methoxy groups -OCH3 is 1. The number of hydrogen-bond donors (Lipinski definition) is 2. The average molecular weight is 255 g/mol. The first-order chi connectivity index (χ1) is 8.66. The first-order valence-corrected chi connectivity index (χ1v) is 7.20. The number of hydrogen-bond acceptors (Lipinski definition) is 3. The lowest BCUT2D eigenvalue weighted by Gasteiger charge is -2.41. The third kappa shape index (κ3) is 3.04. The SMILES string of the molecule is COC1CCCC(NC2CCCCC2)(C(=O)O)C1. The molecule has 2 aliphatic rings. The van der Waals surface area contributed by atoms with Crippen LogP contribution in [0.25, 0.3) is 0 Å². The summed E-state index contributed by atoms with van der Waals surface area (Å²) in [6, 6.07) is 0.380. The number of carboxylic acids is 1. The molecular weight excluding hydrogens is 230 g/mol. The summed E-state index contributed by atoms with van der Waals surface area (Å²) in [5.41, 5.74) is -0.749. The van der Waals surface area contributed by atoms with Crippen molar-refractivity contribution in [1.29, 1.82) is 0 Å². The minimum absolute atomic E-state index is 0.0888. The van der Waals surface area contributed by atoms with E-state index in [1.54, 1.807) is 7.11 Å². The smallest absolute Gasteiger partial charge is 0.324 e. The topological polar surface area (TPSA) is 58.6 Å². The Kier molecular flexibility index (Phi) is 4.62. The molecule has 18 heavy (non-hydrogen) atoms. The summed E-state index contributed by atoms with van der Waals surface area (Å²) in [6.45, 7) is 0. The van der Waals surface area contributed by atoms with Crippen LogP contribution in [-0.2, 0) is 9.53 Å². The summed E-state index contributed by atoms with van der Waals surface area (Å²) in [6.07, 6.45) is 9.32. The second-order valence-electron chi connectivity index (χ2n) is 5.82. The highest BCUT2D eigenvalue weighted by molar-refractivity contribution is 5.79. The summed E-state index contributed by atoms with van der Waals surface area (Å²) >= 11 is 0. The Labute approximate surface area is 109 Å². The van der Waals surface area contributed by atoms with Gasteiger partial charge in [0, 0.05) is 19.6 Å². The molecule has 0 aromatic rings. The number of carbonyl (C=O) groups is 1. The number of nitrogens with one attached hydrogen (secondary N) is 1. The highest BCUT2D eigenvalue weighted by Gasteiger charge is 2.44. The molecule has 0 radical (unpaired) electrons. The second kappa shape index (κ2) is 6.02. The van der Waals surface area contributed by atoms with Crippen LogP contribution in [0.1, 0.15) is 57.8 Å². The van der Waals surface area contributed by atoms with Crippen molar-refractivity contribution in [2.45, 2.75) is 75.5 Å². The molecule has 2 atom stereocenters. The van der Waals surface area contributed by atoms with E-state index < -0.39 is 11.5 Å². The predicted octanol–water partition coefficient (Wildman–Crippen LogP) is 2.32. The van der Waals surface area contributed by atoms with E-state index in [0.29, 0.717) is 12.5 Å². The van der Waals surface area contributed by atoms with Gasteiger partial charge in [-0.1, -0.05) is 19.3 Å². The Bertz CT molecular complexity index is 289. The van der Waals surface area contributed by atoms with Crippen molar-refractivity contribution < 1.29 is 14.6 Å². The molecule has 0 bridgehead atoms. The lowest BCUT2D eigenvalue weighted by Crippen LogP contribution is -2.59. The van der Waals surface area contributed by atoms with Gasteiger partial charge in [0.25, 0.3) is 0 Å². The third-order valence-corrected chi connectivity index (χ3v) is 4.53. The van der Waals surface area contributed by atoms with Crippen molar-refractivity contribution in [1.82, 2.24) is 5.32 Å². The Morgan fingerprint density at radius 1 is 1.22 bits per heavy atom. The highest BCUT2D eigenvalue weighted by Crippen LogP contribution is 2.32. The van der Waals surface area contributed by atoms with E-state index in [-0.39, 0.29) is 6.10 Å². The second-order valence-corrected chi connectivity index (χ2v) is 5.82. The zero-order valence-electron chi connectivity index (χ0n) is 11.3. The summed E-state index contributed by atoms with van der Waals surface area (Å²) in [7, 11) is 1.68. The van der Waals surface area contributed by atoms with Crippen LogP contribution in [-0.4, -0.2) is 35.9 Å². The number of aliphatic carboxylic acids is 1. The molecule has 2 N–H and O–H groups in total. The molecule has 2 rings (SSSR count). The lowest BCUT2D eigenvalue weighted by molar-refractivity contribution is -0.149. The van der Waals surface area contributed by atoms with Gasteiger partial charge in [0.2, 0.25) is 0 Å². The zero-order chi connectivity index (χ0) is 13.0. The summed E-state index contributed by atoms with van der Waals surface area (Å²) in [5, 5.41) is 13.1. The summed E-state index contributed by atoms with van der Waals surface area (Å²) in [5.74, 6) is -0.699. The molecule has 4 heteroatoms. The van der Waals surface area contributed by atoms with Crippen LogP contribution < -0.4 is 5.32 Å². The Morgan fingerprint density at radius 3 is 2.56 bits per heavy atom. The fraction of sp³-hybridized carbons (Fsp3) is 0.929. The molecule has 4 nitrogen and oxygen atoms in total. The number of rotatable bonds is 4. The van der Waals surface area contributed by atoms with Crippen molar-refractivity contribution in [2.24, 2.45) is 0 Å². The van der Waals surface area contributed by atoms with E-state index in [1.807, 2.05) is 0 Å². The van der Waals surface area contributed by atoms with Crippen LogP contribution in [0.4, 0.5) is 0 Å². The van der Waals surface area contributed by atoms with Gasteiger partial charge in [-0.3, -0.25) is 10.1 Å². The fourth-order valence-electron chi connectivity index (χ4n) is 3.45. The maximum Gasteiger partial charge on any atom is 0.324 e. The van der Waals surface area contributed by atoms with E-state index in [2.05, 4.69) is 5.32 Å². The molecule has 104 valence electrons. The molecule has 2 aliphatic carbocycles. The third-order valence-electron chi connectivity index (χ3n) is 4.53. The fourth-order valence-corrected chi connectivity index (χ4v) is 3.45. The molecule has 2 saturated carbocycles. The van der Waals surface area contributed by atoms with Crippen LogP contribution >= 0.6 is 0 Å². The van der Waals surface area contributed by atoms with Gasteiger partial charge in [-0.2, -0.15) is 0 Å². The van der Waals surface area contributed by atoms with Crippen LogP contribution in [0.5, 0.6) is 0 Å². The van der Waals surface area contributed by atoms with E-state index in [4.69, 9.17) is 4.74 Å². The molecule has 0 spiro atoms. The molecule has 0 aromatic carbocycles.